The zero-order valence-corrected chi connectivity index (χ0v) is 30.7. The summed E-state index contributed by atoms with van der Waals surface area (Å²) in [4.78, 5) is 0. The molecule has 45 heavy (non-hydrogen) atoms. The molecule has 5 aliphatic heterocycles. The summed E-state index contributed by atoms with van der Waals surface area (Å²) in [5.41, 5.74) is 0. The van der Waals surface area contributed by atoms with Gasteiger partial charge in [-0.15, -0.1) is 0 Å². The Labute approximate surface area is 282 Å². The Balaban J connectivity index is 0.00000300. The molecule has 13 heteroatoms. The molecule has 0 amide bonds. The van der Waals surface area contributed by atoms with Crippen LogP contribution in [0, 0.1) is 47.3 Å². The van der Waals surface area contributed by atoms with Crippen molar-refractivity contribution in [3.05, 3.63) is 0 Å². The number of rotatable bonds is 1. The van der Waals surface area contributed by atoms with Gasteiger partial charge in [0.05, 0.1) is 54.6 Å². The second-order valence-corrected chi connectivity index (χ2v) is 18.1. The van der Waals surface area contributed by atoms with Crippen LogP contribution >= 0.6 is 0 Å². The van der Waals surface area contributed by atoms with Gasteiger partial charge in [0.15, 0.2) is 0 Å². The molecule has 0 aromatic carbocycles. The van der Waals surface area contributed by atoms with Gasteiger partial charge in [-0.2, -0.15) is 0 Å². The van der Waals surface area contributed by atoms with E-state index in [0.717, 1.165) is 12.8 Å². The summed E-state index contributed by atoms with van der Waals surface area (Å²) in [6.45, 7) is 0. The van der Waals surface area contributed by atoms with Crippen molar-refractivity contribution in [2.75, 3.05) is 0 Å². The minimum absolute atomic E-state index is 0. The van der Waals surface area contributed by atoms with Crippen molar-refractivity contribution in [1.82, 2.24) is 42.5 Å². The van der Waals surface area contributed by atoms with E-state index < -0.39 is 15.3 Å². The van der Waals surface area contributed by atoms with Crippen molar-refractivity contribution in [3.8, 4) is 0 Å². The third kappa shape index (κ3) is 5.73. The van der Waals surface area contributed by atoms with Crippen molar-refractivity contribution < 1.29 is 27.9 Å². The smallest absolute Gasteiger partial charge is 0.212 e. The largest absolute Gasteiger partial charge is 0.286 e. The molecule has 250 valence electrons. The van der Waals surface area contributed by atoms with Gasteiger partial charge in [0.25, 0.3) is 0 Å². The SMILES string of the molecule is NS(=O)(=O)C1CCCC2C3NC4NC(NC5NC(NC6NC(NC(N3)C21)C1CCCCC61)C1CCCCC51)C1CCCCC41.[Zn]. The molecule has 11 nitrogen and oxygen atoms in total. The number of primary sulfonamides is 1. The summed E-state index contributed by atoms with van der Waals surface area (Å²) in [6, 6.07) is 0. The number of hydrogen-bond donors (Lipinski definition) is 9. The number of fused-ring (bicyclic) bond motifs is 20. The average molecular weight is 697 g/mol. The van der Waals surface area contributed by atoms with Crippen LogP contribution in [-0.4, -0.2) is 63.0 Å². The van der Waals surface area contributed by atoms with Gasteiger partial charge in [-0.1, -0.05) is 44.9 Å². The normalized spacial score (nSPS) is 54.3. The van der Waals surface area contributed by atoms with Gasteiger partial charge in [-0.3, -0.25) is 42.5 Å². The van der Waals surface area contributed by atoms with Crippen LogP contribution < -0.4 is 47.7 Å². The summed E-state index contributed by atoms with van der Waals surface area (Å²) in [5.74, 6) is 3.83. The molecule has 17 atom stereocenters. The first-order chi connectivity index (χ1) is 21.4. The molecular formula is C32H57N9O2SZn. The Morgan fingerprint density at radius 3 is 0.956 bits per heavy atom. The molecule has 4 saturated carbocycles. The van der Waals surface area contributed by atoms with Gasteiger partial charge in [-0.05, 0) is 92.8 Å². The Kier molecular flexibility index (Phi) is 9.24. The van der Waals surface area contributed by atoms with E-state index in [1.54, 1.807) is 0 Å². The maximum Gasteiger partial charge on any atom is 0.212 e. The molecule has 0 spiro atoms. The molecule has 0 radical (unpaired) electrons. The van der Waals surface area contributed by atoms with Crippen LogP contribution in [0.15, 0.2) is 0 Å². The monoisotopic (exact) mass is 695 g/mol. The van der Waals surface area contributed by atoms with Crippen molar-refractivity contribution in [3.63, 3.8) is 0 Å². The number of sulfonamides is 1. The number of hydrogen-bond acceptors (Lipinski definition) is 10. The average Bonchev–Trinajstić information content (AvgIpc) is 3.76. The third-order valence-corrected chi connectivity index (χ3v) is 15.6. The fraction of sp³-hybridized carbons (Fsp3) is 1.00. The summed E-state index contributed by atoms with van der Waals surface area (Å²) >= 11 is 0. The Hall–Kier alpha value is 0.213. The molecule has 17 unspecified atom stereocenters. The van der Waals surface area contributed by atoms with E-state index >= 15 is 0 Å². The number of nitrogens with one attached hydrogen (secondary N) is 8. The predicted molar refractivity (Wildman–Crippen MR) is 169 cm³/mol. The second kappa shape index (κ2) is 12.8. The van der Waals surface area contributed by atoms with E-state index in [9.17, 15) is 8.42 Å². The van der Waals surface area contributed by atoms with Crippen molar-refractivity contribution >= 4 is 10.0 Å². The van der Waals surface area contributed by atoms with Crippen LogP contribution in [-0.2, 0) is 29.5 Å². The molecule has 10 N–H and O–H groups in total. The van der Waals surface area contributed by atoms with Crippen LogP contribution in [0.2, 0.25) is 0 Å². The van der Waals surface area contributed by atoms with Gasteiger partial charge in [0, 0.05) is 25.4 Å². The van der Waals surface area contributed by atoms with E-state index in [0.29, 0.717) is 54.3 Å². The Morgan fingerprint density at radius 2 is 0.644 bits per heavy atom. The van der Waals surface area contributed by atoms with E-state index in [2.05, 4.69) is 42.5 Å². The standard InChI is InChI=1S/C32H57N9O2S.Zn/c33-44(42,43)23-15-7-14-22-24(23)32-40-30-21-13-6-5-12-20(21)28(38-30)36-26-17-9-2-1-8-16(17)25(34-26)35-27-18-10-3-4-11-19(18)29(37-27)39-31(22)41-32;/h16-32,34-41H,1-15H2,(H2,33,42,43);. The molecule has 0 aromatic heterocycles. The molecule has 9 aliphatic rings. The summed E-state index contributed by atoms with van der Waals surface area (Å²) in [5, 5.41) is 38.2. The van der Waals surface area contributed by atoms with Gasteiger partial charge in [0.2, 0.25) is 10.0 Å². The van der Waals surface area contributed by atoms with Crippen LogP contribution in [0.25, 0.3) is 0 Å². The van der Waals surface area contributed by atoms with E-state index in [4.69, 9.17) is 5.14 Å². The zero-order valence-electron chi connectivity index (χ0n) is 26.9. The predicted octanol–water partition coefficient (Wildman–Crippen LogP) is 0.870. The Bertz CT molecular complexity index is 1180. The van der Waals surface area contributed by atoms with Crippen LogP contribution in [0.4, 0.5) is 0 Å². The molecule has 5 saturated heterocycles. The maximum absolute atomic E-state index is 13.0. The molecule has 5 heterocycles. The van der Waals surface area contributed by atoms with Gasteiger partial charge < -0.3 is 0 Å². The molecule has 9 fully saturated rings. The first kappa shape index (κ1) is 32.4. The number of nitrogens with two attached hydrogens (primary N) is 1. The van der Waals surface area contributed by atoms with Crippen LogP contribution in [0.1, 0.15) is 96.3 Å². The Morgan fingerprint density at radius 1 is 0.378 bits per heavy atom. The first-order valence-corrected chi connectivity index (χ1v) is 20.1. The van der Waals surface area contributed by atoms with Crippen molar-refractivity contribution in [2.24, 2.45) is 52.5 Å². The van der Waals surface area contributed by atoms with Crippen molar-refractivity contribution in [2.45, 2.75) is 151 Å². The van der Waals surface area contributed by atoms with Crippen LogP contribution in [0.5, 0.6) is 0 Å². The van der Waals surface area contributed by atoms with Gasteiger partial charge in [0.1, 0.15) is 0 Å². The van der Waals surface area contributed by atoms with Gasteiger partial charge in [-0.25, -0.2) is 13.6 Å². The molecule has 4 aliphatic carbocycles. The topological polar surface area (TPSA) is 156 Å². The zero-order chi connectivity index (χ0) is 29.6. The third-order valence-electron chi connectivity index (χ3n) is 14.3. The van der Waals surface area contributed by atoms with E-state index in [-0.39, 0.29) is 68.3 Å². The fourth-order valence-corrected chi connectivity index (χ4v) is 13.7. The fourth-order valence-electron chi connectivity index (χ4n) is 12.4. The minimum Gasteiger partial charge on any atom is -0.286 e. The van der Waals surface area contributed by atoms with Crippen molar-refractivity contribution in [1.29, 1.82) is 0 Å². The first-order valence-electron chi connectivity index (χ1n) is 18.5. The summed E-state index contributed by atoms with van der Waals surface area (Å²) in [6.07, 6.45) is 19.6. The molecule has 0 aromatic rings. The van der Waals surface area contributed by atoms with E-state index in [1.807, 2.05) is 0 Å². The van der Waals surface area contributed by atoms with E-state index in [1.165, 1.54) is 77.0 Å². The molecular weight excluding hydrogens is 640 g/mol. The maximum atomic E-state index is 13.0. The molecule has 9 rings (SSSR count). The minimum atomic E-state index is -3.66. The van der Waals surface area contributed by atoms with Gasteiger partial charge >= 0.3 is 0 Å². The molecule has 8 bridgehead atoms. The quantitative estimate of drug-likeness (QED) is 0.181. The summed E-state index contributed by atoms with van der Waals surface area (Å²) in [7, 11) is -3.66. The van der Waals surface area contributed by atoms with Crippen LogP contribution in [0.3, 0.4) is 0 Å². The summed E-state index contributed by atoms with van der Waals surface area (Å²) < 4.78 is 26.1. The second-order valence-electron chi connectivity index (χ2n) is 16.3.